The maximum atomic E-state index is 13.9. The zero-order valence-corrected chi connectivity index (χ0v) is 22.6. The van der Waals surface area contributed by atoms with E-state index in [2.05, 4.69) is 5.32 Å². The molecule has 0 aliphatic rings. The van der Waals surface area contributed by atoms with Gasteiger partial charge in [0.15, 0.2) is 0 Å². The van der Waals surface area contributed by atoms with Gasteiger partial charge in [0.2, 0.25) is 9.84 Å². The lowest BCUT2D eigenvalue weighted by Crippen LogP contribution is -2.35. The minimum atomic E-state index is -5.03. The van der Waals surface area contributed by atoms with Gasteiger partial charge in [-0.25, -0.2) is 17.6 Å². The molecule has 7 nitrogen and oxygen atoms in total. The maximum Gasteiger partial charge on any atom is 0.417 e. The Morgan fingerprint density at radius 2 is 1.46 bits per heavy atom. The van der Waals surface area contributed by atoms with E-state index in [-0.39, 0.29) is 32.1 Å². The molecule has 212 valence electrons. The first-order chi connectivity index (χ1) is 19.3. The van der Waals surface area contributed by atoms with Crippen LogP contribution in [0.15, 0.2) is 94.7 Å². The van der Waals surface area contributed by atoms with E-state index in [9.17, 15) is 35.6 Å². The molecule has 41 heavy (non-hydrogen) atoms. The van der Waals surface area contributed by atoms with Crippen LogP contribution in [0.3, 0.4) is 0 Å². The number of hydrogen-bond donors (Lipinski definition) is 2. The third-order valence-corrected chi connectivity index (χ3v) is 7.83. The van der Waals surface area contributed by atoms with E-state index in [1.165, 1.54) is 48.5 Å². The molecule has 0 heterocycles. The topological polar surface area (TPSA) is 102 Å². The predicted octanol–water partition coefficient (Wildman–Crippen LogP) is 7.74. The van der Waals surface area contributed by atoms with Crippen LogP contribution >= 0.6 is 23.2 Å². The van der Waals surface area contributed by atoms with Crippen molar-refractivity contribution >= 4 is 50.7 Å². The van der Waals surface area contributed by atoms with E-state index >= 15 is 0 Å². The first kappa shape index (κ1) is 29.8. The van der Waals surface area contributed by atoms with Gasteiger partial charge >= 0.3 is 12.2 Å². The summed E-state index contributed by atoms with van der Waals surface area (Å²) in [4.78, 5) is 23.0. The van der Waals surface area contributed by atoms with Crippen LogP contribution < -0.4 is 15.4 Å². The van der Waals surface area contributed by atoms with Gasteiger partial charge in [-0.1, -0.05) is 29.3 Å². The molecule has 0 saturated carbocycles. The van der Waals surface area contributed by atoms with Crippen molar-refractivity contribution < 1.29 is 40.3 Å². The van der Waals surface area contributed by atoms with Crippen molar-refractivity contribution in [2.45, 2.75) is 16.0 Å². The molecule has 0 spiro atoms. The Labute approximate surface area is 240 Å². The lowest BCUT2D eigenvalue weighted by molar-refractivity contribution is -0.140. The molecule has 0 radical (unpaired) electrons. The number of hydrogen-bond acceptors (Lipinski definition) is 5. The summed E-state index contributed by atoms with van der Waals surface area (Å²) < 4.78 is 86.7. The monoisotopic (exact) mass is 626 g/mol. The Bertz CT molecular complexity index is 1710. The maximum absolute atomic E-state index is 13.9. The summed E-state index contributed by atoms with van der Waals surface area (Å²) in [5.41, 5.74) is -1.79. The standard InChI is InChI=1S/C27H16Cl2F4N2O5S/c28-15-4-11-19(12-5-15)41(38,39)23-13-10-18(14-20(23)27(31,32)33)40-17-8-6-16(7-9-17)34-26(37)35-25(36)24-21(29)2-1-3-22(24)30/h1-14H,(H2,34,35,36,37). The highest BCUT2D eigenvalue weighted by molar-refractivity contribution is 7.91. The third-order valence-electron chi connectivity index (χ3n) is 5.43. The number of alkyl halides is 3. The van der Waals surface area contributed by atoms with Gasteiger partial charge in [-0.3, -0.25) is 10.1 Å². The van der Waals surface area contributed by atoms with Crippen LogP contribution in [0.4, 0.5) is 28.0 Å². The average molecular weight is 627 g/mol. The van der Waals surface area contributed by atoms with Crippen LogP contribution in [0.25, 0.3) is 0 Å². The first-order valence-corrected chi connectivity index (χ1v) is 13.6. The summed E-state index contributed by atoms with van der Waals surface area (Å²) in [6.45, 7) is 0. The first-order valence-electron chi connectivity index (χ1n) is 11.3. The lowest BCUT2D eigenvalue weighted by Gasteiger charge is -2.16. The smallest absolute Gasteiger partial charge is 0.417 e. The Kier molecular flexibility index (Phi) is 8.57. The number of carbonyl (C=O) groups is 2. The second-order valence-corrected chi connectivity index (χ2v) is 11.0. The zero-order chi connectivity index (χ0) is 29.9. The fraction of sp³-hybridized carbons (Fsp3) is 0.0370. The Balaban J connectivity index is 1.49. The number of benzene rings is 4. The van der Waals surface area contributed by atoms with Gasteiger partial charge in [-0.05, 0) is 78.9 Å². The second kappa shape index (κ2) is 11.8. The molecule has 4 aromatic carbocycles. The summed E-state index contributed by atoms with van der Waals surface area (Å²) in [6, 6.07) is 14.9. The van der Waals surface area contributed by atoms with Crippen LogP contribution in [0.1, 0.15) is 15.9 Å². The summed E-state index contributed by atoms with van der Waals surface area (Å²) in [6.07, 6.45) is -5.03. The Morgan fingerprint density at radius 1 is 0.829 bits per heavy atom. The van der Waals surface area contributed by atoms with Crippen LogP contribution in [0, 0.1) is 5.82 Å². The molecule has 0 aromatic heterocycles. The van der Waals surface area contributed by atoms with Crippen molar-refractivity contribution in [3.05, 3.63) is 112 Å². The minimum absolute atomic E-state index is 0.0478. The van der Waals surface area contributed by atoms with Crippen molar-refractivity contribution in [2.24, 2.45) is 0 Å². The SMILES string of the molecule is O=C(NC(=O)c1c(F)cccc1Cl)Nc1ccc(Oc2ccc(S(=O)(=O)c3ccc(Cl)cc3)c(C(F)(F)F)c2)cc1. The fourth-order valence-corrected chi connectivity index (χ4v) is 5.39. The van der Waals surface area contributed by atoms with E-state index in [1.54, 1.807) is 0 Å². The van der Waals surface area contributed by atoms with E-state index in [4.69, 9.17) is 27.9 Å². The quantitative estimate of drug-likeness (QED) is 0.213. The molecule has 0 aliphatic carbocycles. The number of ether oxygens (including phenoxy) is 1. The van der Waals surface area contributed by atoms with Gasteiger partial charge in [-0.2, -0.15) is 13.2 Å². The number of urea groups is 1. The van der Waals surface area contributed by atoms with Crippen molar-refractivity contribution in [1.29, 1.82) is 0 Å². The molecule has 4 aromatic rings. The molecule has 3 amide bonds. The fourth-order valence-electron chi connectivity index (χ4n) is 3.55. The number of nitrogens with one attached hydrogen (secondary N) is 2. The number of carbonyl (C=O) groups excluding carboxylic acids is 2. The van der Waals surface area contributed by atoms with Gasteiger partial charge in [0, 0.05) is 10.7 Å². The molecule has 0 atom stereocenters. The molecule has 14 heteroatoms. The van der Waals surface area contributed by atoms with E-state index in [0.29, 0.717) is 6.07 Å². The summed E-state index contributed by atoms with van der Waals surface area (Å²) in [7, 11) is -4.54. The van der Waals surface area contributed by atoms with Gasteiger partial charge in [0.25, 0.3) is 5.91 Å². The van der Waals surface area contributed by atoms with Crippen molar-refractivity contribution in [3.63, 3.8) is 0 Å². The molecule has 4 rings (SSSR count). The third kappa shape index (κ3) is 6.96. The molecular formula is C27H16Cl2F4N2O5S. The van der Waals surface area contributed by atoms with E-state index in [0.717, 1.165) is 30.3 Å². The number of amides is 3. The van der Waals surface area contributed by atoms with E-state index in [1.807, 2.05) is 5.32 Å². The van der Waals surface area contributed by atoms with Crippen LogP contribution in [0.5, 0.6) is 11.5 Å². The minimum Gasteiger partial charge on any atom is -0.457 e. The normalized spacial score (nSPS) is 11.6. The largest absolute Gasteiger partial charge is 0.457 e. The van der Waals surface area contributed by atoms with Gasteiger partial charge in [0.05, 0.1) is 25.9 Å². The highest BCUT2D eigenvalue weighted by Crippen LogP contribution is 2.39. The summed E-state index contributed by atoms with van der Waals surface area (Å²) >= 11 is 11.6. The summed E-state index contributed by atoms with van der Waals surface area (Å²) in [5.74, 6) is -2.26. The Morgan fingerprint density at radius 3 is 2.07 bits per heavy atom. The number of rotatable bonds is 6. The van der Waals surface area contributed by atoms with Crippen LogP contribution in [0.2, 0.25) is 10.0 Å². The number of imide groups is 1. The molecular weight excluding hydrogens is 611 g/mol. The lowest BCUT2D eigenvalue weighted by atomic mass is 10.2. The van der Waals surface area contributed by atoms with Gasteiger partial charge < -0.3 is 10.1 Å². The molecule has 0 unspecified atom stereocenters. The molecule has 0 aliphatic heterocycles. The highest BCUT2D eigenvalue weighted by atomic mass is 35.5. The zero-order valence-electron chi connectivity index (χ0n) is 20.3. The van der Waals surface area contributed by atoms with Gasteiger partial charge in [-0.15, -0.1) is 0 Å². The summed E-state index contributed by atoms with van der Waals surface area (Å²) in [5, 5.41) is 4.28. The van der Waals surface area contributed by atoms with Gasteiger partial charge in [0.1, 0.15) is 17.3 Å². The Hall–Kier alpha value is -4.13. The van der Waals surface area contributed by atoms with Crippen LogP contribution in [-0.4, -0.2) is 20.4 Å². The molecule has 0 fully saturated rings. The number of halogens is 6. The highest BCUT2D eigenvalue weighted by Gasteiger charge is 2.38. The van der Waals surface area contributed by atoms with Crippen molar-refractivity contribution in [3.8, 4) is 11.5 Å². The number of anilines is 1. The molecule has 0 saturated heterocycles. The van der Waals surface area contributed by atoms with Crippen molar-refractivity contribution in [1.82, 2.24) is 5.32 Å². The predicted molar refractivity (Wildman–Crippen MR) is 143 cm³/mol. The van der Waals surface area contributed by atoms with E-state index < -0.39 is 49.8 Å². The molecule has 2 N–H and O–H groups in total. The van der Waals surface area contributed by atoms with Crippen LogP contribution in [-0.2, 0) is 16.0 Å². The second-order valence-electron chi connectivity index (χ2n) is 8.24. The number of sulfone groups is 1. The van der Waals surface area contributed by atoms with Crippen molar-refractivity contribution in [2.75, 3.05) is 5.32 Å². The molecule has 0 bridgehead atoms. The average Bonchev–Trinajstić information content (AvgIpc) is 2.89.